The number of nitrogens with one attached hydrogen (secondary N) is 1. The van der Waals surface area contributed by atoms with Crippen molar-refractivity contribution in [2.75, 3.05) is 6.54 Å². The Bertz CT molecular complexity index is 627. The Balaban J connectivity index is 2.32. The second-order valence-electron chi connectivity index (χ2n) is 5.25. The molecule has 21 heavy (non-hydrogen) atoms. The van der Waals surface area contributed by atoms with E-state index >= 15 is 0 Å². The molecular weight excluding hydrogens is 330 g/mol. The van der Waals surface area contributed by atoms with E-state index in [0.717, 1.165) is 42.0 Å². The summed E-state index contributed by atoms with van der Waals surface area (Å²) in [6, 6.07) is 0. The number of aryl methyl sites for hydroxylation is 3. The molecule has 0 saturated carbocycles. The number of nitrogens with zero attached hydrogens (tertiary/aromatic N) is 4. The molecule has 0 aliphatic rings. The SMILES string of the molecule is CCNCc1c(C)nn(Cc2c(Br)c(C)nn2CC)c1C. The summed E-state index contributed by atoms with van der Waals surface area (Å²) in [6.45, 7) is 13.9. The minimum absolute atomic E-state index is 0.744. The standard InChI is InChI=1S/C15H24BrN5/c1-6-17-8-13-10(3)18-21(12(13)5)9-14-15(16)11(4)19-20(14)7-2/h17H,6-9H2,1-5H3. The van der Waals surface area contributed by atoms with Crippen LogP contribution in [0.1, 0.15) is 42.2 Å². The average molecular weight is 354 g/mol. The van der Waals surface area contributed by atoms with Crippen LogP contribution in [0.2, 0.25) is 0 Å². The van der Waals surface area contributed by atoms with Crippen molar-refractivity contribution >= 4 is 15.9 Å². The van der Waals surface area contributed by atoms with Crippen LogP contribution in [-0.2, 0) is 19.6 Å². The molecule has 0 atom stereocenters. The predicted octanol–water partition coefficient (Wildman–Crippen LogP) is 2.95. The third-order valence-corrected chi connectivity index (χ3v) is 4.87. The van der Waals surface area contributed by atoms with Crippen LogP contribution in [0.5, 0.6) is 0 Å². The van der Waals surface area contributed by atoms with E-state index in [9.17, 15) is 0 Å². The Labute approximate surface area is 134 Å². The van der Waals surface area contributed by atoms with E-state index in [1.165, 1.54) is 17.0 Å². The van der Waals surface area contributed by atoms with E-state index in [1.54, 1.807) is 0 Å². The van der Waals surface area contributed by atoms with E-state index in [1.807, 2.05) is 11.6 Å². The number of halogens is 1. The molecule has 0 radical (unpaired) electrons. The molecule has 0 aromatic carbocycles. The monoisotopic (exact) mass is 353 g/mol. The summed E-state index contributed by atoms with van der Waals surface area (Å²) >= 11 is 3.65. The van der Waals surface area contributed by atoms with Gasteiger partial charge in [-0.2, -0.15) is 10.2 Å². The van der Waals surface area contributed by atoms with Crippen LogP contribution in [-0.4, -0.2) is 26.1 Å². The largest absolute Gasteiger partial charge is 0.313 e. The van der Waals surface area contributed by atoms with Crippen LogP contribution < -0.4 is 5.32 Å². The molecular formula is C15H24BrN5. The van der Waals surface area contributed by atoms with Gasteiger partial charge in [0.25, 0.3) is 0 Å². The summed E-state index contributed by atoms with van der Waals surface area (Å²) in [5.41, 5.74) is 5.83. The average Bonchev–Trinajstić information content (AvgIpc) is 2.88. The zero-order valence-corrected chi connectivity index (χ0v) is 15.1. The van der Waals surface area contributed by atoms with Crippen molar-refractivity contribution in [3.8, 4) is 0 Å². The molecule has 6 heteroatoms. The quantitative estimate of drug-likeness (QED) is 0.868. The van der Waals surface area contributed by atoms with E-state index in [4.69, 9.17) is 5.10 Å². The van der Waals surface area contributed by atoms with Crippen LogP contribution >= 0.6 is 15.9 Å². The van der Waals surface area contributed by atoms with Gasteiger partial charge in [0.2, 0.25) is 0 Å². The number of rotatable bonds is 6. The van der Waals surface area contributed by atoms with Gasteiger partial charge in [-0.3, -0.25) is 9.36 Å². The maximum atomic E-state index is 4.70. The molecule has 0 amide bonds. The van der Waals surface area contributed by atoms with E-state index in [-0.39, 0.29) is 0 Å². The van der Waals surface area contributed by atoms with Gasteiger partial charge in [-0.1, -0.05) is 6.92 Å². The zero-order valence-electron chi connectivity index (χ0n) is 13.5. The first-order valence-corrected chi connectivity index (χ1v) is 8.24. The number of aromatic nitrogens is 4. The van der Waals surface area contributed by atoms with Crippen LogP contribution in [0.4, 0.5) is 0 Å². The van der Waals surface area contributed by atoms with Crippen LogP contribution in [0, 0.1) is 20.8 Å². The van der Waals surface area contributed by atoms with Gasteiger partial charge in [-0.25, -0.2) is 0 Å². The van der Waals surface area contributed by atoms with Gasteiger partial charge in [0.05, 0.1) is 28.1 Å². The first kappa shape index (κ1) is 16.2. The summed E-state index contributed by atoms with van der Waals surface area (Å²) in [6.07, 6.45) is 0. The minimum Gasteiger partial charge on any atom is -0.313 e. The lowest BCUT2D eigenvalue weighted by Gasteiger charge is -2.08. The second-order valence-corrected chi connectivity index (χ2v) is 6.04. The molecule has 0 aliphatic heterocycles. The fourth-order valence-electron chi connectivity index (χ4n) is 2.56. The lowest BCUT2D eigenvalue weighted by molar-refractivity contribution is 0.565. The van der Waals surface area contributed by atoms with E-state index < -0.39 is 0 Å². The predicted molar refractivity (Wildman–Crippen MR) is 88.5 cm³/mol. The molecule has 0 bridgehead atoms. The van der Waals surface area contributed by atoms with Crippen molar-refractivity contribution in [1.82, 2.24) is 24.9 Å². The Hall–Kier alpha value is -1.14. The molecule has 2 aromatic heterocycles. The Kier molecular flexibility index (Phi) is 5.22. The number of hydrogen-bond donors (Lipinski definition) is 1. The normalized spacial score (nSPS) is 11.3. The van der Waals surface area contributed by atoms with Crippen molar-refractivity contribution < 1.29 is 0 Å². The van der Waals surface area contributed by atoms with Gasteiger partial charge in [-0.05, 0) is 50.2 Å². The molecule has 0 aliphatic carbocycles. The van der Waals surface area contributed by atoms with Crippen LogP contribution in [0.15, 0.2) is 4.47 Å². The molecule has 0 saturated heterocycles. The van der Waals surface area contributed by atoms with E-state index in [2.05, 4.69) is 58.7 Å². The molecule has 2 heterocycles. The highest BCUT2D eigenvalue weighted by molar-refractivity contribution is 9.10. The summed E-state index contributed by atoms with van der Waals surface area (Å²) in [5, 5.41) is 12.6. The maximum absolute atomic E-state index is 4.70. The molecule has 0 spiro atoms. The van der Waals surface area contributed by atoms with Gasteiger partial charge in [0.1, 0.15) is 0 Å². The molecule has 2 rings (SSSR count). The smallest absolute Gasteiger partial charge is 0.0843 e. The summed E-state index contributed by atoms with van der Waals surface area (Å²) < 4.78 is 5.21. The summed E-state index contributed by atoms with van der Waals surface area (Å²) in [4.78, 5) is 0. The molecule has 1 N–H and O–H groups in total. The Morgan fingerprint density at radius 3 is 2.33 bits per heavy atom. The molecule has 5 nitrogen and oxygen atoms in total. The highest BCUT2D eigenvalue weighted by Gasteiger charge is 2.16. The summed E-state index contributed by atoms with van der Waals surface area (Å²) in [5.74, 6) is 0. The second kappa shape index (κ2) is 6.75. The molecule has 116 valence electrons. The first-order valence-electron chi connectivity index (χ1n) is 7.44. The third-order valence-electron chi connectivity index (χ3n) is 3.84. The minimum atomic E-state index is 0.744. The highest BCUT2D eigenvalue weighted by Crippen LogP contribution is 2.23. The lowest BCUT2D eigenvalue weighted by Crippen LogP contribution is -2.14. The molecule has 0 unspecified atom stereocenters. The number of hydrogen-bond acceptors (Lipinski definition) is 3. The van der Waals surface area contributed by atoms with Gasteiger partial charge in [0.15, 0.2) is 0 Å². The topological polar surface area (TPSA) is 47.7 Å². The molecule has 0 fully saturated rings. The van der Waals surface area contributed by atoms with Gasteiger partial charge in [-0.15, -0.1) is 0 Å². The third kappa shape index (κ3) is 3.21. The zero-order chi connectivity index (χ0) is 15.6. The fourth-order valence-corrected chi connectivity index (χ4v) is 2.97. The fraction of sp³-hybridized carbons (Fsp3) is 0.600. The highest BCUT2D eigenvalue weighted by atomic mass is 79.9. The van der Waals surface area contributed by atoms with Gasteiger partial charge in [0, 0.05) is 24.3 Å². The van der Waals surface area contributed by atoms with Crippen LogP contribution in [0.25, 0.3) is 0 Å². The van der Waals surface area contributed by atoms with Crippen molar-refractivity contribution in [2.45, 2.75) is 54.3 Å². The first-order chi connectivity index (χ1) is 9.99. The summed E-state index contributed by atoms with van der Waals surface area (Å²) in [7, 11) is 0. The van der Waals surface area contributed by atoms with Gasteiger partial charge < -0.3 is 5.32 Å². The Morgan fingerprint density at radius 2 is 1.71 bits per heavy atom. The maximum Gasteiger partial charge on any atom is 0.0843 e. The van der Waals surface area contributed by atoms with Crippen molar-refractivity contribution in [3.05, 3.63) is 32.8 Å². The van der Waals surface area contributed by atoms with Crippen LogP contribution in [0.3, 0.4) is 0 Å². The van der Waals surface area contributed by atoms with Crippen molar-refractivity contribution in [1.29, 1.82) is 0 Å². The Morgan fingerprint density at radius 1 is 1.05 bits per heavy atom. The molecule has 2 aromatic rings. The van der Waals surface area contributed by atoms with Crippen molar-refractivity contribution in [2.24, 2.45) is 0 Å². The van der Waals surface area contributed by atoms with Gasteiger partial charge >= 0.3 is 0 Å². The van der Waals surface area contributed by atoms with Crippen molar-refractivity contribution in [3.63, 3.8) is 0 Å². The van der Waals surface area contributed by atoms with E-state index in [0.29, 0.717) is 0 Å². The lowest BCUT2D eigenvalue weighted by atomic mass is 10.2.